The molecule has 0 aliphatic heterocycles. The van der Waals surface area contributed by atoms with Gasteiger partial charge in [-0.15, -0.1) is 0 Å². The first-order valence-electron chi connectivity index (χ1n) is 6.16. The second kappa shape index (κ2) is 6.51. The van der Waals surface area contributed by atoms with E-state index in [0.717, 1.165) is 0 Å². The number of nitrogens with zero attached hydrogens (tertiary/aromatic N) is 2. The van der Waals surface area contributed by atoms with Gasteiger partial charge in [-0.05, 0) is 25.1 Å². The third kappa shape index (κ3) is 3.23. The van der Waals surface area contributed by atoms with E-state index in [-0.39, 0.29) is 6.61 Å². The fraction of sp³-hybridized carbons (Fsp3) is 0.214. The minimum absolute atomic E-state index is 0.0000371. The number of hydrogen-bond acceptors (Lipinski definition) is 6. The van der Waals surface area contributed by atoms with Crippen LogP contribution in [-0.2, 0) is 11.3 Å². The second-order valence-corrected chi connectivity index (χ2v) is 3.90. The first-order chi connectivity index (χ1) is 9.72. The Hall–Kier alpha value is -2.63. The number of para-hydroxylation sites is 1. The van der Waals surface area contributed by atoms with Gasteiger partial charge in [0.25, 0.3) is 0 Å². The molecule has 0 fully saturated rings. The lowest BCUT2D eigenvalue weighted by atomic mass is 10.2. The van der Waals surface area contributed by atoms with Gasteiger partial charge in [0.2, 0.25) is 0 Å². The largest absolute Gasteiger partial charge is 0.491 e. The van der Waals surface area contributed by atoms with Crippen LogP contribution in [0.15, 0.2) is 36.7 Å². The molecule has 6 nitrogen and oxygen atoms in total. The predicted molar refractivity (Wildman–Crippen MR) is 73.2 cm³/mol. The van der Waals surface area contributed by atoms with Crippen molar-refractivity contribution in [3.8, 4) is 5.75 Å². The average Bonchev–Trinajstić information content (AvgIpc) is 2.48. The summed E-state index contributed by atoms with van der Waals surface area (Å²) in [5, 5.41) is 0. The summed E-state index contributed by atoms with van der Waals surface area (Å²) in [5.41, 5.74) is 6.49. The van der Waals surface area contributed by atoms with Crippen LogP contribution in [-0.4, -0.2) is 22.5 Å². The van der Waals surface area contributed by atoms with Gasteiger partial charge in [0.1, 0.15) is 5.56 Å². The fourth-order valence-electron chi connectivity index (χ4n) is 1.63. The number of aromatic nitrogens is 2. The Bertz CT molecular complexity index is 587. The van der Waals surface area contributed by atoms with Gasteiger partial charge in [0.05, 0.1) is 12.3 Å². The zero-order chi connectivity index (χ0) is 14.4. The van der Waals surface area contributed by atoms with Gasteiger partial charge in [0, 0.05) is 12.4 Å². The van der Waals surface area contributed by atoms with Crippen molar-refractivity contribution in [3.05, 3.63) is 48.0 Å². The summed E-state index contributed by atoms with van der Waals surface area (Å²) in [6.07, 6.45) is 3.17. The van der Waals surface area contributed by atoms with Crippen LogP contribution in [0.2, 0.25) is 0 Å². The Morgan fingerprint density at radius 3 is 2.70 bits per heavy atom. The highest BCUT2D eigenvalue weighted by Gasteiger charge is 2.16. The number of carbonyl (C=O) groups is 1. The van der Waals surface area contributed by atoms with E-state index < -0.39 is 5.97 Å². The first kappa shape index (κ1) is 13.8. The average molecular weight is 273 g/mol. The van der Waals surface area contributed by atoms with E-state index in [0.29, 0.717) is 29.4 Å². The number of ether oxygens (including phenoxy) is 2. The van der Waals surface area contributed by atoms with Crippen molar-refractivity contribution in [2.75, 3.05) is 12.3 Å². The fourth-order valence-corrected chi connectivity index (χ4v) is 1.63. The second-order valence-electron chi connectivity index (χ2n) is 3.90. The molecule has 1 aromatic carbocycles. The summed E-state index contributed by atoms with van der Waals surface area (Å²) < 4.78 is 10.5. The van der Waals surface area contributed by atoms with Crippen LogP contribution in [0.5, 0.6) is 5.75 Å². The number of nitrogen functional groups attached to an aromatic ring is 1. The number of hydrogen-bond donors (Lipinski definition) is 1. The maximum atomic E-state index is 12.1. The van der Waals surface area contributed by atoms with Crippen LogP contribution in [0.3, 0.4) is 0 Å². The van der Waals surface area contributed by atoms with Crippen LogP contribution in [0.4, 0.5) is 5.69 Å². The van der Waals surface area contributed by atoms with Crippen LogP contribution < -0.4 is 10.5 Å². The number of anilines is 1. The molecule has 0 atom stereocenters. The SMILES string of the molecule is CCOc1c(N)cccc1C(=O)OCc1ncccn1. The molecule has 0 unspecified atom stereocenters. The van der Waals surface area contributed by atoms with Crippen molar-refractivity contribution in [1.82, 2.24) is 9.97 Å². The van der Waals surface area contributed by atoms with E-state index in [1.807, 2.05) is 6.92 Å². The highest BCUT2D eigenvalue weighted by molar-refractivity contribution is 5.94. The minimum Gasteiger partial charge on any atom is -0.491 e. The molecule has 2 aromatic rings. The van der Waals surface area contributed by atoms with Crippen LogP contribution in [0, 0.1) is 0 Å². The molecule has 0 bridgehead atoms. The molecule has 0 aliphatic rings. The molecule has 0 spiro atoms. The van der Waals surface area contributed by atoms with E-state index in [1.54, 1.807) is 36.7 Å². The van der Waals surface area contributed by atoms with Crippen molar-refractivity contribution in [3.63, 3.8) is 0 Å². The minimum atomic E-state index is -0.520. The zero-order valence-corrected chi connectivity index (χ0v) is 11.1. The summed E-state index contributed by atoms with van der Waals surface area (Å²) in [5.74, 6) is 0.255. The summed E-state index contributed by atoms with van der Waals surface area (Å²) in [7, 11) is 0. The van der Waals surface area contributed by atoms with Crippen molar-refractivity contribution in [2.45, 2.75) is 13.5 Å². The number of esters is 1. The monoisotopic (exact) mass is 273 g/mol. The maximum Gasteiger partial charge on any atom is 0.342 e. The standard InChI is InChI=1S/C14H15N3O3/c1-2-19-13-10(5-3-6-11(13)15)14(18)20-9-12-16-7-4-8-17-12/h3-8H,2,9,15H2,1H3. The third-order valence-corrected chi connectivity index (χ3v) is 2.51. The highest BCUT2D eigenvalue weighted by atomic mass is 16.5. The number of benzene rings is 1. The first-order valence-corrected chi connectivity index (χ1v) is 6.16. The topological polar surface area (TPSA) is 87.3 Å². The van der Waals surface area contributed by atoms with Crippen LogP contribution in [0.25, 0.3) is 0 Å². The predicted octanol–water partition coefficient (Wildman–Crippen LogP) is 1.81. The maximum absolute atomic E-state index is 12.1. The summed E-state index contributed by atoms with van der Waals surface area (Å²) in [6, 6.07) is 6.64. The number of carbonyl (C=O) groups excluding carboxylic acids is 1. The molecular weight excluding hydrogens is 258 g/mol. The molecule has 0 aliphatic carbocycles. The molecule has 1 heterocycles. The van der Waals surface area contributed by atoms with Crippen molar-refractivity contribution < 1.29 is 14.3 Å². The Morgan fingerprint density at radius 1 is 1.25 bits per heavy atom. The third-order valence-electron chi connectivity index (χ3n) is 2.51. The molecular formula is C14H15N3O3. The van der Waals surface area contributed by atoms with Crippen molar-refractivity contribution in [1.29, 1.82) is 0 Å². The van der Waals surface area contributed by atoms with Crippen LogP contribution in [0.1, 0.15) is 23.1 Å². The molecule has 0 saturated carbocycles. The van der Waals surface area contributed by atoms with Gasteiger partial charge < -0.3 is 15.2 Å². The molecule has 104 valence electrons. The van der Waals surface area contributed by atoms with Gasteiger partial charge in [-0.1, -0.05) is 6.07 Å². The van der Waals surface area contributed by atoms with Crippen molar-refractivity contribution in [2.24, 2.45) is 0 Å². The highest BCUT2D eigenvalue weighted by Crippen LogP contribution is 2.27. The Balaban J connectivity index is 2.11. The molecule has 0 amide bonds. The Labute approximate surface area is 116 Å². The summed E-state index contributed by atoms with van der Waals surface area (Å²) >= 11 is 0. The lowest BCUT2D eigenvalue weighted by Gasteiger charge is -2.11. The molecule has 6 heteroatoms. The van der Waals surface area contributed by atoms with Gasteiger partial charge in [-0.25, -0.2) is 14.8 Å². The van der Waals surface area contributed by atoms with E-state index in [9.17, 15) is 4.79 Å². The van der Waals surface area contributed by atoms with E-state index >= 15 is 0 Å². The van der Waals surface area contributed by atoms with Gasteiger partial charge in [-0.3, -0.25) is 0 Å². The van der Waals surface area contributed by atoms with E-state index in [2.05, 4.69) is 9.97 Å². The Morgan fingerprint density at radius 2 is 2.00 bits per heavy atom. The zero-order valence-electron chi connectivity index (χ0n) is 11.1. The van der Waals surface area contributed by atoms with Gasteiger partial charge >= 0.3 is 5.97 Å². The Kier molecular flexibility index (Phi) is 4.49. The van der Waals surface area contributed by atoms with E-state index in [4.69, 9.17) is 15.2 Å². The number of rotatable bonds is 5. The smallest absolute Gasteiger partial charge is 0.342 e. The van der Waals surface area contributed by atoms with Crippen molar-refractivity contribution >= 4 is 11.7 Å². The molecule has 1 aromatic heterocycles. The normalized spacial score (nSPS) is 10.1. The molecule has 2 rings (SSSR count). The van der Waals surface area contributed by atoms with Gasteiger partial charge in [-0.2, -0.15) is 0 Å². The summed E-state index contributed by atoms with van der Waals surface area (Å²) in [6.45, 7) is 2.23. The van der Waals surface area contributed by atoms with Crippen LogP contribution >= 0.6 is 0 Å². The molecule has 2 N–H and O–H groups in total. The quantitative estimate of drug-likeness (QED) is 0.660. The number of nitrogens with two attached hydrogens (primary N) is 1. The summed E-state index contributed by atoms with van der Waals surface area (Å²) in [4.78, 5) is 20.0. The lowest BCUT2D eigenvalue weighted by Crippen LogP contribution is -2.10. The lowest BCUT2D eigenvalue weighted by molar-refractivity contribution is 0.0458. The molecule has 20 heavy (non-hydrogen) atoms. The molecule has 0 saturated heterocycles. The van der Waals surface area contributed by atoms with E-state index in [1.165, 1.54) is 0 Å². The van der Waals surface area contributed by atoms with Gasteiger partial charge in [0.15, 0.2) is 18.2 Å². The molecule has 0 radical (unpaired) electrons.